The molecule has 0 nitrogen and oxygen atoms in total. The molecule has 0 aliphatic rings. The standard InChI is InChI=1S/C24BF20.C12H10S/c26-5-1(6(27)14(35)21(42)13(5)34)25(2-7(28)15(36)22(43)16(37)8(2)29,3-9(30)17(38)23(44)18(39)10(3)31)4-11(32)19(40)24(45)20(41)12(4)33;13-12-8-6-11(7-9-12)10-4-2-1-3-5-10/h;1-9,13H/q-1;/p+1. The molecule has 0 atom stereocenters. The van der Waals surface area contributed by atoms with Crippen molar-refractivity contribution >= 4 is 40.6 Å². The fourth-order valence-corrected chi connectivity index (χ4v) is 6.33. The third-order valence-electron chi connectivity index (χ3n) is 8.70. The van der Waals surface area contributed by atoms with Gasteiger partial charge in [-0.25, -0.2) is 87.8 Å². The van der Waals surface area contributed by atoms with Gasteiger partial charge in [0.05, 0.1) is 0 Å². The number of halogens is 20. The van der Waals surface area contributed by atoms with Crippen molar-refractivity contribution in [2.45, 2.75) is 4.90 Å². The highest BCUT2D eigenvalue weighted by Gasteiger charge is 2.52. The van der Waals surface area contributed by atoms with E-state index in [0.717, 1.165) is 4.90 Å². The van der Waals surface area contributed by atoms with E-state index in [1.165, 1.54) is 11.1 Å². The Hall–Kier alpha value is -5.67. The molecule has 0 spiro atoms. The van der Waals surface area contributed by atoms with Gasteiger partial charge in [0, 0.05) is 0 Å². The number of rotatable bonds is 5. The molecule has 0 aliphatic carbocycles. The molecule has 6 aromatic carbocycles. The molecule has 304 valence electrons. The van der Waals surface area contributed by atoms with E-state index >= 15 is 35.1 Å². The van der Waals surface area contributed by atoms with Gasteiger partial charge in [0.25, 0.3) is 0 Å². The molecule has 0 aliphatic heterocycles. The molecular formula is C36H11BF20S. The molecule has 6 rings (SSSR count). The summed E-state index contributed by atoms with van der Waals surface area (Å²) < 4.78 is 294. The second kappa shape index (κ2) is 15.9. The first-order valence-electron chi connectivity index (χ1n) is 15.2. The molecule has 6 aromatic rings. The van der Waals surface area contributed by atoms with Crippen LogP contribution in [0.1, 0.15) is 0 Å². The lowest BCUT2D eigenvalue weighted by Crippen LogP contribution is -2.81. The second-order valence-corrected chi connectivity index (χ2v) is 12.3. The van der Waals surface area contributed by atoms with E-state index in [2.05, 4.69) is 61.2 Å². The Kier molecular flexibility index (Phi) is 11.9. The Morgan fingerprint density at radius 3 is 0.655 bits per heavy atom. The van der Waals surface area contributed by atoms with Crippen LogP contribution in [-0.4, -0.2) is 6.15 Å². The van der Waals surface area contributed by atoms with Gasteiger partial charge in [-0.05, 0) is 48.0 Å². The summed E-state index contributed by atoms with van der Waals surface area (Å²) in [5.74, 6) is -71.4. The van der Waals surface area contributed by atoms with Crippen LogP contribution in [0.5, 0.6) is 0 Å². The van der Waals surface area contributed by atoms with Gasteiger partial charge in [0.1, 0.15) is 57.6 Å². The van der Waals surface area contributed by atoms with E-state index in [9.17, 15) is 52.7 Å². The van der Waals surface area contributed by atoms with E-state index in [0.29, 0.717) is 0 Å². The number of hydrogen-bond donors (Lipinski definition) is 0. The Bertz CT molecular complexity index is 2230. The molecule has 0 unspecified atom stereocenters. The lowest BCUT2D eigenvalue weighted by Gasteiger charge is -2.44. The molecule has 0 amide bonds. The highest BCUT2D eigenvalue weighted by Crippen LogP contribution is 2.31. The average molecular weight is 866 g/mol. The minimum atomic E-state index is -7.22. The Balaban J connectivity index is 0.000000414. The summed E-state index contributed by atoms with van der Waals surface area (Å²) in [4.78, 5) is 1.11. The lowest BCUT2D eigenvalue weighted by molar-refractivity contribution is 0.378. The van der Waals surface area contributed by atoms with Gasteiger partial charge in [0.15, 0.2) is 69.8 Å². The van der Waals surface area contributed by atoms with Crippen LogP contribution in [0.15, 0.2) is 59.5 Å². The maximum absolute atomic E-state index is 15.4. The quantitative estimate of drug-likeness (QED) is 0.0536. The van der Waals surface area contributed by atoms with Crippen molar-refractivity contribution in [3.05, 3.63) is 171 Å². The predicted octanol–water partition coefficient (Wildman–Crippen LogP) is 8.57. The van der Waals surface area contributed by atoms with E-state index in [4.69, 9.17) is 0 Å². The van der Waals surface area contributed by atoms with Crippen molar-refractivity contribution in [1.82, 2.24) is 0 Å². The fraction of sp³-hybridized carbons (Fsp3) is 0. The van der Waals surface area contributed by atoms with Gasteiger partial charge < -0.3 is 0 Å². The molecule has 0 bridgehead atoms. The average Bonchev–Trinajstić information content (AvgIpc) is 3.21. The van der Waals surface area contributed by atoms with Gasteiger partial charge in [0.2, 0.25) is 0 Å². The molecule has 0 aromatic heterocycles. The highest BCUT2D eigenvalue weighted by molar-refractivity contribution is 7.58. The van der Waals surface area contributed by atoms with E-state index in [1.54, 1.807) is 0 Å². The van der Waals surface area contributed by atoms with Gasteiger partial charge in [-0.1, -0.05) is 30.3 Å². The minimum absolute atomic E-state index is 1.11. The second-order valence-electron chi connectivity index (χ2n) is 11.7. The SMILES string of the molecule is Fc1c(F)c(F)c([B-](c2c(F)c(F)c(F)c(F)c2F)(c2c(F)c(F)c(F)c(F)c2F)c2c(F)c(F)c(F)c(F)c2F)c(F)c1F.[SH2+]c1ccc(-c2ccccc2)cc1. The molecule has 0 radical (unpaired) electrons. The summed E-state index contributed by atoms with van der Waals surface area (Å²) in [6.45, 7) is 0. The van der Waals surface area contributed by atoms with Crippen LogP contribution in [0.25, 0.3) is 11.1 Å². The Morgan fingerprint density at radius 1 is 0.241 bits per heavy atom. The highest BCUT2D eigenvalue weighted by atomic mass is 32.1. The molecule has 0 heterocycles. The van der Waals surface area contributed by atoms with E-state index in [1.807, 2.05) is 6.07 Å². The smallest absolute Gasteiger partial charge is 0.200 e. The van der Waals surface area contributed by atoms with Crippen molar-refractivity contribution in [3.63, 3.8) is 0 Å². The zero-order valence-electron chi connectivity index (χ0n) is 27.3. The zero-order chi connectivity index (χ0) is 43.5. The summed E-state index contributed by atoms with van der Waals surface area (Å²) >= 11 is 3.47. The summed E-state index contributed by atoms with van der Waals surface area (Å²) in [6, 6.07) is 18.7. The molecule has 0 N–H and O–H groups in total. The van der Waals surface area contributed by atoms with Crippen LogP contribution in [0.2, 0.25) is 0 Å². The first-order chi connectivity index (χ1) is 27.1. The molecular weight excluding hydrogens is 855 g/mol. The largest absolute Gasteiger partial charge is 0.207 e. The van der Waals surface area contributed by atoms with Crippen molar-refractivity contribution in [1.29, 1.82) is 0 Å². The predicted molar refractivity (Wildman–Crippen MR) is 170 cm³/mol. The Labute approximate surface area is 315 Å². The van der Waals surface area contributed by atoms with Crippen molar-refractivity contribution in [2.24, 2.45) is 0 Å². The normalized spacial score (nSPS) is 11.5. The van der Waals surface area contributed by atoms with Crippen LogP contribution >= 0.6 is 0 Å². The molecule has 0 saturated heterocycles. The third-order valence-corrected chi connectivity index (χ3v) is 9.03. The van der Waals surface area contributed by atoms with Gasteiger partial charge >= 0.3 is 0 Å². The van der Waals surface area contributed by atoms with Crippen LogP contribution in [0.3, 0.4) is 0 Å². The van der Waals surface area contributed by atoms with Crippen molar-refractivity contribution in [2.75, 3.05) is 0 Å². The van der Waals surface area contributed by atoms with Crippen molar-refractivity contribution < 1.29 is 87.8 Å². The van der Waals surface area contributed by atoms with Crippen LogP contribution in [0, 0.1) is 116 Å². The van der Waals surface area contributed by atoms with Crippen LogP contribution in [0.4, 0.5) is 87.8 Å². The number of hydrogen-bond acceptors (Lipinski definition) is 0. The number of benzene rings is 6. The monoisotopic (exact) mass is 866 g/mol. The first-order valence-corrected chi connectivity index (χ1v) is 15.7. The summed E-state index contributed by atoms with van der Waals surface area (Å²) in [6.07, 6.45) is -7.22. The molecule has 0 saturated carbocycles. The van der Waals surface area contributed by atoms with Gasteiger partial charge in [-0.15, -0.1) is 21.9 Å². The minimum Gasteiger partial charge on any atom is -0.207 e. The molecule has 58 heavy (non-hydrogen) atoms. The zero-order valence-corrected chi connectivity index (χ0v) is 28.3. The maximum Gasteiger partial charge on any atom is 0.200 e. The summed E-state index contributed by atoms with van der Waals surface area (Å²) in [7, 11) is 0. The summed E-state index contributed by atoms with van der Waals surface area (Å²) in [5, 5.41) is 0. The molecule has 0 fully saturated rings. The maximum atomic E-state index is 15.4. The molecule has 22 heteroatoms. The lowest BCUT2D eigenvalue weighted by atomic mass is 9.12. The fourth-order valence-electron chi connectivity index (χ4n) is 6.17. The van der Waals surface area contributed by atoms with Gasteiger partial charge in [-0.2, -0.15) is 0 Å². The van der Waals surface area contributed by atoms with Crippen LogP contribution < -0.4 is 21.9 Å². The van der Waals surface area contributed by atoms with E-state index < -0.39 is 144 Å². The topological polar surface area (TPSA) is 0 Å². The van der Waals surface area contributed by atoms with E-state index in [-0.39, 0.29) is 0 Å². The Morgan fingerprint density at radius 2 is 0.431 bits per heavy atom. The summed E-state index contributed by atoms with van der Waals surface area (Å²) in [5.41, 5.74) is -11.8. The first kappa shape index (κ1) is 43.5. The third kappa shape index (κ3) is 6.59. The van der Waals surface area contributed by atoms with Gasteiger partial charge in [-0.3, -0.25) is 0 Å². The van der Waals surface area contributed by atoms with Crippen molar-refractivity contribution in [3.8, 4) is 11.1 Å². The van der Waals surface area contributed by atoms with Crippen LogP contribution in [-0.2, 0) is 12.6 Å².